The lowest BCUT2D eigenvalue weighted by Gasteiger charge is -2.29. The van der Waals surface area contributed by atoms with Gasteiger partial charge in [-0.25, -0.2) is 5.48 Å². The molecule has 0 saturated carbocycles. The lowest BCUT2D eigenvalue weighted by Crippen LogP contribution is -2.36. The summed E-state index contributed by atoms with van der Waals surface area (Å²) in [5, 5.41) is 8.71. The van der Waals surface area contributed by atoms with Gasteiger partial charge in [0.15, 0.2) is 0 Å². The zero-order chi connectivity index (χ0) is 16.1. The van der Waals surface area contributed by atoms with Crippen molar-refractivity contribution in [2.24, 2.45) is 0 Å². The van der Waals surface area contributed by atoms with E-state index in [1.807, 2.05) is 25.1 Å². The maximum absolute atomic E-state index is 12.3. The number of rotatable bonds is 5. The van der Waals surface area contributed by atoms with Crippen LogP contribution in [-0.2, 0) is 17.8 Å². The minimum absolute atomic E-state index is 0. The smallest absolute Gasteiger partial charge is 0.274 e. The van der Waals surface area contributed by atoms with Gasteiger partial charge in [-0.1, -0.05) is 6.07 Å². The van der Waals surface area contributed by atoms with Gasteiger partial charge in [0.05, 0.1) is 0 Å². The van der Waals surface area contributed by atoms with E-state index in [2.05, 4.69) is 4.90 Å². The number of hydrogen-bond acceptors (Lipinski definition) is 4. The molecule has 2 N–H and O–H groups in total. The first kappa shape index (κ1) is 19.4. The van der Waals surface area contributed by atoms with Crippen LogP contribution in [0.5, 0.6) is 0 Å². The van der Waals surface area contributed by atoms with E-state index in [4.69, 9.17) is 5.21 Å². The molecule has 0 spiro atoms. The second-order valence-corrected chi connectivity index (χ2v) is 5.90. The van der Waals surface area contributed by atoms with E-state index >= 15 is 0 Å². The van der Waals surface area contributed by atoms with E-state index in [0.717, 1.165) is 37.1 Å². The summed E-state index contributed by atoms with van der Waals surface area (Å²) in [4.78, 5) is 27.6. The molecule has 1 aliphatic rings. The van der Waals surface area contributed by atoms with E-state index in [0.29, 0.717) is 18.5 Å². The standard InChI is InChI=1S/C16H23N3O3.ClH/c1-18(2)8-3-4-15(20)19-9-7-12-5-6-13(16(21)17-22)10-14(12)11-19;/h5-6,10,22H,3-4,7-9,11H2,1-2H3,(H,17,21);1H. The molecule has 0 bridgehead atoms. The molecule has 2 rings (SSSR count). The number of nitrogens with one attached hydrogen (secondary N) is 1. The number of hydroxylamine groups is 1. The van der Waals surface area contributed by atoms with E-state index in [1.165, 1.54) is 0 Å². The van der Waals surface area contributed by atoms with Crippen molar-refractivity contribution < 1.29 is 14.8 Å². The largest absolute Gasteiger partial charge is 0.338 e. The summed E-state index contributed by atoms with van der Waals surface area (Å²) < 4.78 is 0. The Kier molecular flexibility index (Phi) is 7.48. The number of amides is 2. The minimum atomic E-state index is -0.530. The summed E-state index contributed by atoms with van der Waals surface area (Å²) in [5.74, 6) is -0.373. The molecule has 0 saturated heterocycles. The van der Waals surface area contributed by atoms with E-state index < -0.39 is 5.91 Å². The third kappa shape index (κ3) is 5.20. The van der Waals surface area contributed by atoms with Crippen LogP contribution in [0.3, 0.4) is 0 Å². The fraction of sp³-hybridized carbons (Fsp3) is 0.500. The quantitative estimate of drug-likeness (QED) is 0.628. The predicted octanol–water partition coefficient (Wildman–Crippen LogP) is 1.45. The molecule has 1 aromatic rings. The number of fused-ring (bicyclic) bond motifs is 1. The van der Waals surface area contributed by atoms with E-state index in [9.17, 15) is 9.59 Å². The SMILES string of the molecule is CN(C)CCCC(=O)N1CCc2ccc(C(=O)NO)cc2C1.Cl. The number of nitrogens with zero attached hydrogens (tertiary/aromatic N) is 2. The molecule has 0 radical (unpaired) electrons. The molecule has 0 atom stereocenters. The Hall–Kier alpha value is -1.63. The average Bonchev–Trinajstić information content (AvgIpc) is 2.52. The normalized spacial score (nSPS) is 13.3. The summed E-state index contributed by atoms with van der Waals surface area (Å²) in [5.41, 5.74) is 4.18. The third-order valence-electron chi connectivity index (χ3n) is 3.93. The van der Waals surface area contributed by atoms with Gasteiger partial charge in [0.2, 0.25) is 5.91 Å². The molecule has 0 aromatic heterocycles. The second-order valence-electron chi connectivity index (χ2n) is 5.90. The summed E-state index contributed by atoms with van der Waals surface area (Å²) in [6.45, 7) is 2.15. The highest BCUT2D eigenvalue weighted by Gasteiger charge is 2.21. The maximum Gasteiger partial charge on any atom is 0.274 e. The molecule has 0 unspecified atom stereocenters. The van der Waals surface area contributed by atoms with Crippen molar-refractivity contribution in [1.29, 1.82) is 0 Å². The molecular formula is C16H24ClN3O3. The van der Waals surface area contributed by atoms with Gasteiger partial charge in [0.25, 0.3) is 5.91 Å². The zero-order valence-electron chi connectivity index (χ0n) is 13.5. The lowest BCUT2D eigenvalue weighted by atomic mass is 9.97. The predicted molar refractivity (Wildman–Crippen MR) is 89.9 cm³/mol. The number of hydrogen-bond donors (Lipinski definition) is 2. The van der Waals surface area contributed by atoms with Crippen LogP contribution in [0.2, 0.25) is 0 Å². The van der Waals surface area contributed by atoms with Crippen LogP contribution in [0.25, 0.3) is 0 Å². The average molecular weight is 342 g/mol. The van der Waals surface area contributed by atoms with Gasteiger partial charge < -0.3 is 9.80 Å². The number of carbonyl (C=O) groups excluding carboxylic acids is 2. The van der Waals surface area contributed by atoms with Crippen molar-refractivity contribution in [3.63, 3.8) is 0 Å². The Morgan fingerprint density at radius 1 is 1.30 bits per heavy atom. The highest BCUT2D eigenvalue weighted by atomic mass is 35.5. The molecule has 23 heavy (non-hydrogen) atoms. The number of carbonyl (C=O) groups is 2. The van der Waals surface area contributed by atoms with Crippen LogP contribution in [0, 0.1) is 0 Å². The summed E-state index contributed by atoms with van der Waals surface area (Å²) >= 11 is 0. The number of benzene rings is 1. The Bertz CT molecular complexity index is 564. The Balaban J connectivity index is 0.00000264. The molecule has 128 valence electrons. The number of halogens is 1. The lowest BCUT2D eigenvalue weighted by molar-refractivity contribution is -0.132. The highest BCUT2D eigenvalue weighted by molar-refractivity contribution is 5.93. The molecule has 0 aliphatic carbocycles. The van der Waals surface area contributed by atoms with Crippen molar-refractivity contribution in [3.8, 4) is 0 Å². The van der Waals surface area contributed by atoms with Crippen LogP contribution in [-0.4, -0.2) is 54.0 Å². The summed E-state index contributed by atoms with van der Waals surface area (Å²) in [6.07, 6.45) is 2.20. The fourth-order valence-corrected chi connectivity index (χ4v) is 2.68. The molecule has 1 aromatic carbocycles. The van der Waals surface area contributed by atoms with Crippen LogP contribution in [0.4, 0.5) is 0 Å². The van der Waals surface area contributed by atoms with Gasteiger partial charge in [-0.3, -0.25) is 14.8 Å². The molecule has 1 aliphatic heterocycles. The molecule has 0 fully saturated rings. The first-order valence-electron chi connectivity index (χ1n) is 7.50. The highest BCUT2D eigenvalue weighted by Crippen LogP contribution is 2.21. The molecule has 1 heterocycles. The van der Waals surface area contributed by atoms with Gasteiger partial charge in [-0.05, 0) is 56.7 Å². The van der Waals surface area contributed by atoms with Crippen molar-refractivity contribution in [2.75, 3.05) is 27.2 Å². The first-order valence-corrected chi connectivity index (χ1v) is 7.50. The summed E-state index contributed by atoms with van der Waals surface area (Å²) in [6, 6.07) is 5.34. The van der Waals surface area contributed by atoms with Crippen LogP contribution < -0.4 is 5.48 Å². The Labute approximate surface area is 142 Å². The third-order valence-corrected chi connectivity index (χ3v) is 3.93. The molecule has 6 nitrogen and oxygen atoms in total. The van der Waals surface area contributed by atoms with Crippen LogP contribution >= 0.6 is 12.4 Å². The molecular weight excluding hydrogens is 318 g/mol. The topological polar surface area (TPSA) is 72.9 Å². The van der Waals surface area contributed by atoms with Gasteiger partial charge in [0, 0.05) is 25.1 Å². The molecule has 7 heteroatoms. The Morgan fingerprint density at radius 2 is 2.04 bits per heavy atom. The monoisotopic (exact) mass is 341 g/mol. The minimum Gasteiger partial charge on any atom is -0.338 e. The fourth-order valence-electron chi connectivity index (χ4n) is 2.68. The van der Waals surface area contributed by atoms with Gasteiger partial charge in [0.1, 0.15) is 0 Å². The van der Waals surface area contributed by atoms with E-state index in [-0.39, 0.29) is 18.3 Å². The maximum atomic E-state index is 12.3. The van der Waals surface area contributed by atoms with Crippen molar-refractivity contribution >= 4 is 24.2 Å². The molecule has 2 amide bonds. The van der Waals surface area contributed by atoms with Crippen LogP contribution in [0.1, 0.15) is 34.3 Å². The van der Waals surface area contributed by atoms with Crippen molar-refractivity contribution in [3.05, 3.63) is 34.9 Å². The van der Waals surface area contributed by atoms with Gasteiger partial charge >= 0.3 is 0 Å². The summed E-state index contributed by atoms with van der Waals surface area (Å²) in [7, 11) is 3.99. The van der Waals surface area contributed by atoms with E-state index in [1.54, 1.807) is 17.6 Å². The van der Waals surface area contributed by atoms with Crippen molar-refractivity contribution in [1.82, 2.24) is 15.3 Å². The first-order chi connectivity index (χ1) is 10.5. The van der Waals surface area contributed by atoms with Gasteiger partial charge in [-0.2, -0.15) is 0 Å². The Morgan fingerprint density at radius 3 is 2.70 bits per heavy atom. The van der Waals surface area contributed by atoms with Gasteiger partial charge in [-0.15, -0.1) is 12.4 Å². The van der Waals surface area contributed by atoms with Crippen molar-refractivity contribution in [2.45, 2.75) is 25.8 Å². The van der Waals surface area contributed by atoms with Crippen LogP contribution in [0.15, 0.2) is 18.2 Å². The zero-order valence-corrected chi connectivity index (χ0v) is 14.4. The second kappa shape index (κ2) is 8.86.